The van der Waals surface area contributed by atoms with Crippen LogP contribution in [0.3, 0.4) is 0 Å². The van der Waals surface area contributed by atoms with Crippen LogP contribution in [-0.2, 0) is 6.54 Å². The maximum absolute atomic E-state index is 12.1. The van der Waals surface area contributed by atoms with E-state index in [-0.39, 0.29) is 12.5 Å². The largest absolute Gasteiger partial charge is 0.359 e. The Balaban J connectivity index is 1.67. The molecule has 1 amide bonds. The van der Waals surface area contributed by atoms with Crippen molar-refractivity contribution in [3.8, 4) is 5.69 Å². The standard InChI is InChI=1S/C15H13ClN4O2/c1-10-8-13(22-19-10)9-17-15(21)14-6-7-20(18-14)12-4-2-11(16)3-5-12/h2-8H,9H2,1H3,(H,17,21). The first kappa shape index (κ1) is 14.3. The van der Waals surface area contributed by atoms with Gasteiger partial charge in [-0.25, -0.2) is 4.68 Å². The number of benzene rings is 1. The highest BCUT2D eigenvalue weighted by molar-refractivity contribution is 6.30. The van der Waals surface area contributed by atoms with Gasteiger partial charge < -0.3 is 9.84 Å². The van der Waals surface area contributed by atoms with E-state index in [9.17, 15) is 4.79 Å². The number of carbonyl (C=O) groups is 1. The molecule has 0 aliphatic carbocycles. The predicted octanol–water partition coefficient (Wildman–Crippen LogP) is 2.75. The molecule has 112 valence electrons. The van der Waals surface area contributed by atoms with Crippen molar-refractivity contribution in [1.82, 2.24) is 20.3 Å². The molecule has 0 unspecified atom stereocenters. The van der Waals surface area contributed by atoms with Gasteiger partial charge in [0.05, 0.1) is 17.9 Å². The van der Waals surface area contributed by atoms with Gasteiger partial charge in [-0.05, 0) is 37.3 Å². The summed E-state index contributed by atoms with van der Waals surface area (Å²) in [5.74, 6) is 0.324. The van der Waals surface area contributed by atoms with Crippen molar-refractivity contribution in [2.24, 2.45) is 0 Å². The molecule has 0 saturated carbocycles. The summed E-state index contributed by atoms with van der Waals surface area (Å²) in [7, 11) is 0. The molecular weight excluding hydrogens is 304 g/mol. The summed E-state index contributed by atoms with van der Waals surface area (Å²) in [6.07, 6.45) is 1.72. The number of aromatic nitrogens is 3. The van der Waals surface area contributed by atoms with Crippen LogP contribution in [0, 0.1) is 6.92 Å². The molecule has 3 aromatic rings. The van der Waals surface area contributed by atoms with E-state index < -0.39 is 0 Å². The molecule has 1 N–H and O–H groups in total. The van der Waals surface area contributed by atoms with Gasteiger partial charge in [0.25, 0.3) is 5.91 Å². The maximum atomic E-state index is 12.1. The molecule has 0 fully saturated rings. The second kappa shape index (κ2) is 6.03. The van der Waals surface area contributed by atoms with Gasteiger partial charge in [0.1, 0.15) is 0 Å². The fourth-order valence-corrected chi connectivity index (χ4v) is 2.07. The number of hydrogen-bond donors (Lipinski definition) is 1. The number of halogens is 1. The van der Waals surface area contributed by atoms with Crippen LogP contribution in [0.2, 0.25) is 5.02 Å². The van der Waals surface area contributed by atoms with Gasteiger partial charge in [-0.3, -0.25) is 4.79 Å². The van der Waals surface area contributed by atoms with Crippen molar-refractivity contribution >= 4 is 17.5 Å². The summed E-state index contributed by atoms with van der Waals surface area (Å²) >= 11 is 5.85. The van der Waals surface area contributed by atoms with E-state index in [0.29, 0.717) is 16.5 Å². The second-order valence-corrected chi connectivity index (χ2v) is 5.18. The van der Waals surface area contributed by atoms with Crippen LogP contribution >= 0.6 is 11.6 Å². The van der Waals surface area contributed by atoms with E-state index >= 15 is 0 Å². The Labute approximate surface area is 131 Å². The maximum Gasteiger partial charge on any atom is 0.272 e. The fourth-order valence-electron chi connectivity index (χ4n) is 1.94. The lowest BCUT2D eigenvalue weighted by molar-refractivity contribution is 0.0941. The normalized spacial score (nSPS) is 10.6. The van der Waals surface area contributed by atoms with Gasteiger partial charge in [0.15, 0.2) is 11.5 Å². The van der Waals surface area contributed by atoms with E-state index in [0.717, 1.165) is 11.4 Å². The van der Waals surface area contributed by atoms with Crippen LogP contribution in [0.25, 0.3) is 5.69 Å². The molecule has 1 aromatic carbocycles. The summed E-state index contributed by atoms with van der Waals surface area (Å²) in [5, 5.41) is 11.4. The lowest BCUT2D eigenvalue weighted by atomic mass is 10.3. The fraction of sp³-hybridized carbons (Fsp3) is 0.133. The third-order valence-electron chi connectivity index (χ3n) is 3.01. The highest BCUT2D eigenvalue weighted by Crippen LogP contribution is 2.13. The zero-order valence-corrected chi connectivity index (χ0v) is 12.5. The van der Waals surface area contributed by atoms with Crippen LogP contribution in [0.15, 0.2) is 47.1 Å². The SMILES string of the molecule is Cc1cc(CNC(=O)c2ccn(-c3ccc(Cl)cc3)n2)on1. The van der Waals surface area contributed by atoms with E-state index in [1.807, 2.05) is 19.1 Å². The van der Waals surface area contributed by atoms with Crippen molar-refractivity contribution in [2.75, 3.05) is 0 Å². The van der Waals surface area contributed by atoms with Gasteiger partial charge in [0.2, 0.25) is 0 Å². The summed E-state index contributed by atoms with van der Waals surface area (Å²) in [6, 6.07) is 10.6. The lowest BCUT2D eigenvalue weighted by Gasteiger charge is -2.01. The summed E-state index contributed by atoms with van der Waals surface area (Å²) < 4.78 is 6.65. The molecule has 0 bridgehead atoms. The van der Waals surface area contributed by atoms with E-state index in [2.05, 4.69) is 15.6 Å². The van der Waals surface area contributed by atoms with E-state index in [1.165, 1.54) is 0 Å². The molecule has 7 heteroatoms. The number of hydrogen-bond acceptors (Lipinski definition) is 4. The molecule has 3 rings (SSSR count). The molecule has 6 nitrogen and oxygen atoms in total. The zero-order valence-electron chi connectivity index (χ0n) is 11.8. The van der Waals surface area contributed by atoms with Crippen molar-refractivity contribution < 1.29 is 9.32 Å². The number of nitrogens with zero attached hydrogens (tertiary/aromatic N) is 3. The van der Waals surface area contributed by atoms with Crippen molar-refractivity contribution in [3.05, 3.63) is 64.8 Å². The van der Waals surface area contributed by atoms with Crippen LogP contribution in [-0.4, -0.2) is 20.8 Å². The first-order valence-corrected chi connectivity index (χ1v) is 7.01. The number of rotatable bonds is 4. The third kappa shape index (κ3) is 3.17. The van der Waals surface area contributed by atoms with Gasteiger partial charge in [-0.2, -0.15) is 5.10 Å². The molecule has 0 spiro atoms. The molecule has 0 radical (unpaired) electrons. The van der Waals surface area contributed by atoms with Gasteiger partial charge in [-0.15, -0.1) is 0 Å². The van der Waals surface area contributed by atoms with Crippen molar-refractivity contribution in [1.29, 1.82) is 0 Å². The van der Waals surface area contributed by atoms with Crippen LogP contribution in [0.5, 0.6) is 0 Å². The van der Waals surface area contributed by atoms with Crippen LogP contribution in [0.1, 0.15) is 21.9 Å². The molecule has 0 atom stereocenters. The van der Waals surface area contributed by atoms with Crippen molar-refractivity contribution in [3.63, 3.8) is 0 Å². The van der Waals surface area contributed by atoms with Gasteiger partial charge >= 0.3 is 0 Å². The zero-order chi connectivity index (χ0) is 15.5. The molecule has 2 aromatic heterocycles. The summed E-state index contributed by atoms with van der Waals surface area (Å²) in [6.45, 7) is 2.09. The van der Waals surface area contributed by atoms with E-state index in [4.69, 9.17) is 16.1 Å². The minimum absolute atomic E-state index is 0.271. The predicted molar refractivity (Wildman–Crippen MR) is 81.0 cm³/mol. The van der Waals surface area contributed by atoms with Gasteiger partial charge in [0, 0.05) is 17.3 Å². The Morgan fingerprint density at radius 1 is 1.32 bits per heavy atom. The molecule has 0 aliphatic heterocycles. The number of aryl methyl sites for hydroxylation is 1. The highest BCUT2D eigenvalue weighted by Gasteiger charge is 2.11. The average Bonchev–Trinajstić information content (AvgIpc) is 3.15. The number of carbonyl (C=O) groups excluding carboxylic acids is 1. The summed E-state index contributed by atoms with van der Waals surface area (Å²) in [4.78, 5) is 12.1. The molecule has 2 heterocycles. The topological polar surface area (TPSA) is 73.0 Å². The number of nitrogens with one attached hydrogen (secondary N) is 1. The second-order valence-electron chi connectivity index (χ2n) is 4.74. The Bertz CT molecular complexity index is 792. The lowest BCUT2D eigenvalue weighted by Crippen LogP contribution is -2.23. The molecule has 22 heavy (non-hydrogen) atoms. The molecular formula is C15H13ClN4O2. The first-order chi connectivity index (χ1) is 10.6. The van der Waals surface area contributed by atoms with E-state index in [1.54, 1.807) is 35.1 Å². The first-order valence-electron chi connectivity index (χ1n) is 6.64. The monoisotopic (exact) mass is 316 g/mol. The highest BCUT2D eigenvalue weighted by atomic mass is 35.5. The quantitative estimate of drug-likeness (QED) is 0.803. The van der Waals surface area contributed by atoms with Crippen molar-refractivity contribution in [2.45, 2.75) is 13.5 Å². The third-order valence-corrected chi connectivity index (χ3v) is 3.26. The number of amides is 1. The minimum Gasteiger partial charge on any atom is -0.359 e. The molecule has 0 saturated heterocycles. The van der Waals surface area contributed by atoms with Gasteiger partial charge in [-0.1, -0.05) is 16.8 Å². The Morgan fingerprint density at radius 3 is 2.77 bits per heavy atom. The smallest absolute Gasteiger partial charge is 0.272 e. The molecule has 0 aliphatic rings. The Kier molecular flexibility index (Phi) is 3.93. The van der Waals surface area contributed by atoms with Crippen LogP contribution < -0.4 is 5.32 Å². The average molecular weight is 317 g/mol. The van der Waals surface area contributed by atoms with Crippen LogP contribution in [0.4, 0.5) is 0 Å². The Hall–Kier alpha value is -2.60. The minimum atomic E-state index is -0.276. The summed E-state index contributed by atoms with van der Waals surface area (Å²) in [5.41, 5.74) is 1.93. The Morgan fingerprint density at radius 2 is 2.09 bits per heavy atom.